The quantitative estimate of drug-likeness (QED) is 0.243. The molecule has 8 rings (SSSR count). The Balaban J connectivity index is 1.38. The molecule has 0 N–H and O–H groups in total. The molecule has 4 aromatic rings. The van der Waals surface area contributed by atoms with Crippen molar-refractivity contribution in [3.63, 3.8) is 0 Å². The second-order valence-corrected chi connectivity index (χ2v) is 12.8. The lowest BCUT2D eigenvalue weighted by atomic mass is 9.83. The second-order valence-electron chi connectivity index (χ2n) is 12.8. The predicted molar refractivity (Wildman–Crippen MR) is 181 cm³/mol. The Hall–Kier alpha value is -5.86. The molecule has 0 aliphatic carbocycles. The Kier molecular flexibility index (Phi) is 7.95. The zero-order valence-electron chi connectivity index (χ0n) is 28.4. The molecule has 4 aromatic carbocycles. The lowest BCUT2D eigenvalue weighted by Gasteiger charge is -2.36. The molecule has 12 nitrogen and oxygen atoms in total. The summed E-state index contributed by atoms with van der Waals surface area (Å²) in [7, 11) is 5.85. The number of carbonyl (C=O) groups is 4. The molecule has 0 radical (unpaired) electrons. The Morgan fingerprint density at radius 3 is 1.23 bits per heavy atom. The summed E-state index contributed by atoms with van der Waals surface area (Å²) in [6.45, 7) is 0. The van der Waals surface area contributed by atoms with Crippen molar-refractivity contribution in [2.75, 3.05) is 38.2 Å². The molecule has 4 aliphatic rings. The molecule has 14 heteroatoms. The third-order valence-electron chi connectivity index (χ3n) is 10.4. The molecule has 0 spiro atoms. The van der Waals surface area contributed by atoms with Gasteiger partial charge in [-0.25, -0.2) is 28.6 Å². The van der Waals surface area contributed by atoms with E-state index >= 15 is 0 Å². The van der Waals surface area contributed by atoms with E-state index in [0.29, 0.717) is 34.1 Å². The van der Waals surface area contributed by atoms with Crippen LogP contribution in [0.15, 0.2) is 84.9 Å². The minimum atomic E-state index is -1.25. The van der Waals surface area contributed by atoms with Crippen LogP contribution in [0.2, 0.25) is 0 Å². The van der Waals surface area contributed by atoms with Crippen molar-refractivity contribution in [1.82, 2.24) is 10.0 Å². The van der Waals surface area contributed by atoms with Crippen LogP contribution in [0.3, 0.4) is 0 Å². The Morgan fingerprint density at radius 1 is 0.481 bits per heavy atom. The smallest absolute Gasteiger partial charge is 0.253 e. The number of hydrogen-bond acceptors (Lipinski definition) is 10. The fraction of sp³-hybridized carbons (Fsp3) is 0.263. The average molecular weight is 711 g/mol. The minimum absolute atomic E-state index is 0.0406. The van der Waals surface area contributed by atoms with Gasteiger partial charge in [-0.1, -0.05) is 12.1 Å². The van der Waals surface area contributed by atoms with Crippen molar-refractivity contribution in [2.24, 2.45) is 11.8 Å². The molecular formula is C38H32F2N4O8. The fourth-order valence-electron chi connectivity index (χ4n) is 8.31. The number of halogens is 2. The SMILES string of the molecule is COc1ccc([C@@H]2[C@@H]3C(=O)N(c4cccc(F)c4)C(=O)[C@@H]3N3[C@H](c4ccc(OC)cc4OC)[C@H]4C(=O)N(c5cccc(F)c5)C(=O)[C@H]4N23)c(OC)c1. The summed E-state index contributed by atoms with van der Waals surface area (Å²) in [6, 6.07) is 15.7. The molecule has 0 unspecified atom stereocenters. The molecule has 6 atom stereocenters. The van der Waals surface area contributed by atoms with Gasteiger partial charge in [0, 0.05) is 23.3 Å². The van der Waals surface area contributed by atoms with Gasteiger partial charge in [-0.15, -0.1) is 0 Å². The van der Waals surface area contributed by atoms with E-state index in [9.17, 15) is 28.0 Å². The summed E-state index contributed by atoms with van der Waals surface area (Å²) in [5.74, 6) is -4.69. The van der Waals surface area contributed by atoms with Crippen molar-refractivity contribution < 1.29 is 46.9 Å². The number of anilines is 2. The van der Waals surface area contributed by atoms with Gasteiger partial charge in [0.2, 0.25) is 11.8 Å². The van der Waals surface area contributed by atoms with Crippen LogP contribution < -0.4 is 28.7 Å². The van der Waals surface area contributed by atoms with E-state index in [1.807, 2.05) is 0 Å². The number of carbonyl (C=O) groups excluding carboxylic acids is 4. The van der Waals surface area contributed by atoms with E-state index in [-0.39, 0.29) is 11.4 Å². The third kappa shape index (κ3) is 4.70. The highest BCUT2D eigenvalue weighted by atomic mass is 19.1. The summed E-state index contributed by atoms with van der Waals surface area (Å²) < 4.78 is 51.6. The van der Waals surface area contributed by atoms with Crippen molar-refractivity contribution in [3.05, 3.63) is 108 Å². The predicted octanol–water partition coefficient (Wildman–Crippen LogP) is 4.44. The van der Waals surface area contributed by atoms with Gasteiger partial charge in [-0.05, 0) is 60.7 Å². The van der Waals surface area contributed by atoms with Crippen LogP contribution in [0.1, 0.15) is 23.2 Å². The molecule has 0 aromatic heterocycles. The Bertz CT molecular complexity index is 2010. The topological polar surface area (TPSA) is 118 Å². The van der Waals surface area contributed by atoms with Crippen LogP contribution in [0.5, 0.6) is 23.0 Å². The molecule has 0 bridgehead atoms. The summed E-state index contributed by atoms with van der Waals surface area (Å²) in [6.07, 6.45) is 0. The van der Waals surface area contributed by atoms with E-state index in [0.717, 1.165) is 21.9 Å². The maximum absolute atomic E-state index is 14.7. The molecular weight excluding hydrogens is 678 g/mol. The molecule has 4 saturated heterocycles. The number of amides is 4. The molecule has 4 fully saturated rings. The van der Waals surface area contributed by atoms with E-state index in [4.69, 9.17) is 18.9 Å². The summed E-state index contributed by atoms with van der Waals surface area (Å²) in [4.78, 5) is 60.7. The zero-order valence-corrected chi connectivity index (χ0v) is 28.4. The number of nitrogens with zero attached hydrogens (tertiary/aromatic N) is 4. The average Bonchev–Trinajstić information content (AvgIpc) is 3.82. The Labute approximate surface area is 296 Å². The van der Waals surface area contributed by atoms with Gasteiger partial charge in [0.05, 0.1) is 63.7 Å². The van der Waals surface area contributed by atoms with Gasteiger partial charge in [0.25, 0.3) is 11.8 Å². The number of hydrogen-bond donors (Lipinski definition) is 0. The van der Waals surface area contributed by atoms with Crippen LogP contribution in [-0.4, -0.2) is 74.2 Å². The number of rotatable bonds is 8. The molecule has 0 saturated carbocycles. The lowest BCUT2D eigenvalue weighted by Crippen LogP contribution is -2.50. The number of benzene rings is 4. The van der Waals surface area contributed by atoms with E-state index in [1.165, 1.54) is 64.8 Å². The summed E-state index contributed by atoms with van der Waals surface area (Å²) >= 11 is 0. The van der Waals surface area contributed by atoms with Gasteiger partial charge >= 0.3 is 0 Å². The van der Waals surface area contributed by atoms with Crippen molar-refractivity contribution in [1.29, 1.82) is 0 Å². The van der Waals surface area contributed by atoms with Crippen LogP contribution >= 0.6 is 0 Å². The van der Waals surface area contributed by atoms with Crippen molar-refractivity contribution in [3.8, 4) is 23.0 Å². The number of fused-ring (bicyclic) bond motifs is 5. The van der Waals surface area contributed by atoms with Gasteiger partial charge in [0.15, 0.2) is 0 Å². The highest BCUT2D eigenvalue weighted by molar-refractivity contribution is 6.26. The van der Waals surface area contributed by atoms with Crippen LogP contribution in [0.4, 0.5) is 20.2 Å². The molecule has 4 aliphatic heterocycles. The fourth-order valence-corrected chi connectivity index (χ4v) is 8.31. The molecule has 52 heavy (non-hydrogen) atoms. The van der Waals surface area contributed by atoms with Crippen molar-refractivity contribution in [2.45, 2.75) is 24.2 Å². The zero-order chi connectivity index (χ0) is 36.6. The first-order valence-corrected chi connectivity index (χ1v) is 16.4. The number of ether oxygens (including phenoxy) is 4. The summed E-state index contributed by atoms with van der Waals surface area (Å²) in [5.41, 5.74) is 0.958. The highest BCUT2D eigenvalue weighted by Crippen LogP contribution is 2.61. The minimum Gasteiger partial charge on any atom is -0.497 e. The van der Waals surface area contributed by atoms with Gasteiger partial charge in [-0.3, -0.25) is 19.2 Å². The van der Waals surface area contributed by atoms with E-state index in [2.05, 4.69) is 0 Å². The van der Waals surface area contributed by atoms with Crippen LogP contribution in [0, 0.1) is 23.5 Å². The standard InChI is InChI=1S/C38H32F2N4O8/c1-49-23-11-13-25(27(17-23)51-3)31-29-33(37(47)41(35(29)45)21-9-5-7-19(39)15-21)44-32(26-14-12-24(50-2)18-28(26)52-4)30-34(43(31)44)38(48)42(36(30)46)22-10-6-8-20(40)16-22/h5-18,29-34H,1-4H3/t29-,30+,31-,32-,33+,34-/m1/s1. The molecule has 4 amide bonds. The number of methoxy groups -OCH3 is 4. The van der Waals surface area contributed by atoms with Gasteiger partial charge in [-0.2, -0.15) is 0 Å². The van der Waals surface area contributed by atoms with Crippen LogP contribution in [0.25, 0.3) is 0 Å². The van der Waals surface area contributed by atoms with Crippen LogP contribution in [-0.2, 0) is 19.2 Å². The number of hydrazine groups is 1. The highest BCUT2D eigenvalue weighted by Gasteiger charge is 2.74. The summed E-state index contributed by atoms with van der Waals surface area (Å²) in [5, 5.41) is 3.27. The Morgan fingerprint density at radius 2 is 0.885 bits per heavy atom. The second kappa shape index (κ2) is 12.4. The van der Waals surface area contributed by atoms with E-state index in [1.54, 1.807) is 46.4 Å². The maximum Gasteiger partial charge on any atom is 0.253 e. The van der Waals surface area contributed by atoms with Crippen molar-refractivity contribution >= 4 is 35.0 Å². The largest absolute Gasteiger partial charge is 0.497 e. The first kappa shape index (κ1) is 33.3. The first-order chi connectivity index (χ1) is 25.1. The normalized spacial score (nSPS) is 25.4. The first-order valence-electron chi connectivity index (χ1n) is 16.4. The number of imide groups is 2. The van der Waals surface area contributed by atoms with E-state index < -0.39 is 71.3 Å². The maximum atomic E-state index is 14.7. The van der Waals surface area contributed by atoms with Gasteiger partial charge in [0.1, 0.15) is 46.7 Å². The monoisotopic (exact) mass is 710 g/mol. The molecule has 4 heterocycles. The molecule has 266 valence electrons. The third-order valence-corrected chi connectivity index (χ3v) is 10.4. The lowest BCUT2D eigenvalue weighted by molar-refractivity contribution is -0.136. The van der Waals surface area contributed by atoms with Gasteiger partial charge < -0.3 is 18.9 Å².